The second-order valence-corrected chi connectivity index (χ2v) is 14.7. The number of ether oxygens (including phenoxy) is 3. The Labute approximate surface area is 329 Å². The molecule has 304 valence electrons. The van der Waals surface area contributed by atoms with Crippen LogP contribution in [0.1, 0.15) is 102 Å². The summed E-state index contributed by atoms with van der Waals surface area (Å²) in [7, 11) is 1.32. The summed E-state index contributed by atoms with van der Waals surface area (Å²) in [6.07, 6.45) is -4.82. The fourth-order valence-corrected chi connectivity index (χ4v) is 8.17. The molecule has 0 spiro atoms. The van der Waals surface area contributed by atoms with Crippen LogP contribution in [0.3, 0.4) is 0 Å². The fraction of sp³-hybridized carbons (Fsp3) is 0.375. The van der Waals surface area contributed by atoms with Crippen LogP contribution in [0.2, 0.25) is 0 Å². The van der Waals surface area contributed by atoms with Gasteiger partial charge in [0.25, 0.3) is 11.8 Å². The van der Waals surface area contributed by atoms with Crippen LogP contribution < -0.4 is 15.8 Å². The number of carbonyl (C=O) groups is 7. The summed E-state index contributed by atoms with van der Waals surface area (Å²) in [5.74, 6) is -5.70. The number of nitrogens with one attached hydrogen (secondary N) is 1. The van der Waals surface area contributed by atoms with Gasteiger partial charge in [0.05, 0.1) is 53.2 Å². The quantitative estimate of drug-likeness (QED) is 0.100. The topological polar surface area (TPSA) is 290 Å². The van der Waals surface area contributed by atoms with Crippen LogP contribution in [-0.2, 0) is 30.3 Å². The zero-order chi connectivity index (χ0) is 42.0. The third-order valence-electron chi connectivity index (χ3n) is 11.2. The van der Waals surface area contributed by atoms with Gasteiger partial charge >= 0.3 is 0 Å². The number of rotatable bonds is 6. The predicted octanol–water partition coefficient (Wildman–Crippen LogP) is 0.0891. The molecule has 2 aliphatic carbocycles. The Morgan fingerprint density at radius 3 is 2.19 bits per heavy atom. The first-order valence-corrected chi connectivity index (χ1v) is 18.3. The molecule has 3 aromatic carbocycles. The van der Waals surface area contributed by atoms with Gasteiger partial charge in [0.1, 0.15) is 35.5 Å². The summed E-state index contributed by atoms with van der Waals surface area (Å²) in [4.78, 5) is 87.9. The van der Waals surface area contributed by atoms with E-state index in [-0.39, 0.29) is 53.2 Å². The maximum Gasteiger partial charge on any atom is 0.262 e. The lowest BCUT2D eigenvalue weighted by molar-refractivity contribution is -0.247. The fourth-order valence-electron chi connectivity index (χ4n) is 8.17. The number of phenols is 2. The summed E-state index contributed by atoms with van der Waals surface area (Å²) in [6, 6.07) is 9.18. The first-order chi connectivity index (χ1) is 27.5. The molecule has 8 rings (SSSR count). The predicted molar refractivity (Wildman–Crippen MR) is 195 cm³/mol. The van der Waals surface area contributed by atoms with Crippen molar-refractivity contribution in [3.05, 3.63) is 87.0 Å². The van der Waals surface area contributed by atoms with Gasteiger partial charge in [0, 0.05) is 48.4 Å². The van der Waals surface area contributed by atoms with E-state index in [2.05, 4.69) is 5.32 Å². The average Bonchev–Trinajstić information content (AvgIpc) is 3.45. The molecule has 0 bridgehead atoms. The van der Waals surface area contributed by atoms with E-state index < -0.39 is 119 Å². The second kappa shape index (κ2) is 15.1. The van der Waals surface area contributed by atoms with Crippen molar-refractivity contribution in [3.63, 3.8) is 0 Å². The number of aliphatic hydroxyl groups excluding tert-OH is 2. The van der Waals surface area contributed by atoms with Crippen LogP contribution in [0.5, 0.6) is 17.2 Å². The normalized spacial score (nSPS) is 27.4. The highest BCUT2D eigenvalue weighted by molar-refractivity contribution is 6.31. The van der Waals surface area contributed by atoms with E-state index in [1.807, 2.05) is 0 Å². The smallest absolute Gasteiger partial charge is 0.262 e. The molecule has 3 heterocycles. The summed E-state index contributed by atoms with van der Waals surface area (Å²) in [5.41, 5.74) is 2.98. The molecule has 0 radical (unpaired) electrons. The molecule has 2 saturated heterocycles. The van der Waals surface area contributed by atoms with E-state index >= 15 is 0 Å². The Hall–Kier alpha value is -5.89. The summed E-state index contributed by atoms with van der Waals surface area (Å²) in [5, 5.41) is 55.8. The third kappa shape index (κ3) is 6.52. The zero-order valence-corrected chi connectivity index (χ0v) is 31.1. The molecule has 4 amide bonds. The molecular weight excluding hydrogens is 762 g/mol. The van der Waals surface area contributed by atoms with Crippen LogP contribution in [0.15, 0.2) is 42.5 Å². The van der Waals surface area contributed by atoms with Crippen molar-refractivity contribution in [2.24, 2.45) is 5.73 Å². The van der Waals surface area contributed by atoms with Crippen LogP contribution >= 0.6 is 0 Å². The Kier molecular flexibility index (Phi) is 10.5. The van der Waals surface area contributed by atoms with Gasteiger partial charge in [-0.15, -0.1) is 0 Å². The lowest BCUT2D eigenvalue weighted by Gasteiger charge is -2.42. The van der Waals surface area contributed by atoms with Crippen molar-refractivity contribution in [2.75, 3.05) is 13.7 Å². The molecule has 3 aliphatic heterocycles. The second-order valence-electron chi connectivity index (χ2n) is 14.7. The van der Waals surface area contributed by atoms with Crippen molar-refractivity contribution in [3.8, 4) is 17.2 Å². The Morgan fingerprint density at radius 2 is 1.59 bits per heavy atom. The monoisotopic (exact) mass is 801 g/mol. The number of nitrogens with zero attached hydrogens (tertiary/aromatic N) is 1. The van der Waals surface area contributed by atoms with Gasteiger partial charge in [-0.1, -0.05) is 24.3 Å². The molecule has 7 atom stereocenters. The molecule has 58 heavy (non-hydrogen) atoms. The van der Waals surface area contributed by atoms with Crippen molar-refractivity contribution in [1.29, 1.82) is 0 Å². The van der Waals surface area contributed by atoms with E-state index in [4.69, 9.17) is 19.9 Å². The van der Waals surface area contributed by atoms with Crippen LogP contribution in [0, 0.1) is 0 Å². The number of ketones is 3. The van der Waals surface area contributed by atoms with Gasteiger partial charge in [0.2, 0.25) is 17.6 Å². The van der Waals surface area contributed by atoms with Crippen LogP contribution in [0.25, 0.3) is 0 Å². The van der Waals surface area contributed by atoms with Gasteiger partial charge in [-0.2, -0.15) is 0 Å². The van der Waals surface area contributed by atoms with E-state index in [0.717, 1.165) is 4.90 Å². The van der Waals surface area contributed by atoms with Gasteiger partial charge < -0.3 is 45.5 Å². The number of methoxy groups -OCH3 is 1. The molecule has 18 heteroatoms. The first kappa shape index (κ1) is 40.3. The Bertz CT molecular complexity index is 2260. The molecule has 1 unspecified atom stereocenters. The number of carbonyl (C=O) groups excluding carboxylic acids is 7. The lowest BCUT2D eigenvalue weighted by Crippen LogP contribution is -2.54. The molecular formula is C40H39N3O15. The highest BCUT2D eigenvalue weighted by atomic mass is 16.7. The van der Waals surface area contributed by atoms with Gasteiger partial charge in [-0.05, 0) is 31.5 Å². The maximum atomic E-state index is 13.6. The van der Waals surface area contributed by atoms with E-state index in [0.29, 0.717) is 11.1 Å². The van der Waals surface area contributed by atoms with Crippen LogP contribution in [-0.4, -0.2) is 121 Å². The Morgan fingerprint density at radius 1 is 0.948 bits per heavy atom. The van der Waals surface area contributed by atoms with Crippen LogP contribution in [0.4, 0.5) is 0 Å². The van der Waals surface area contributed by atoms with E-state index in [9.17, 15) is 59.1 Å². The number of nitrogens with two attached hydrogens (primary N) is 1. The molecule has 0 aromatic heterocycles. The van der Waals surface area contributed by atoms with Crippen molar-refractivity contribution in [1.82, 2.24) is 10.2 Å². The number of phenolic OH excluding ortho intramolecular Hbond substituents is 2. The lowest BCUT2D eigenvalue weighted by atomic mass is 9.72. The number of piperidine rings is 1. The number of benzene rings is 3. The molecule has 2 fully saturated rings. The number of fused-ring (bicyclic) bond motifs is 4. The summed E-state index contributed by atoms with van der Waals surface area (Å²) < 4.78 is 17.0. The highest BCUT2D eigenvalue weighted by Crippen LogP contribution is 2.52. The maximum absolute atomic E-state index is 13.6. The number of aliphatic hydroxyl groups is 3. The number of aromatic hydroxyl groups is 2. The highest BCUT2D eigenvalue weighted by Gasteiger charge is 2.50. The third-order valence-corrected chi connectivity index (χ3v) is 11.2. The largest absolute Gasteiger partial charge is 0.507 e. The standard InChI is InChI=1S/C27H29NO11.C13H10N2O4/c1-10-22(31)13(28)6-17(38-10)39-15-8-27(36,16(30)9-29)7-12-19(15)26(35)21-20(24(12)33)23(32)11-4-3-5-14(37-2)18(11)25(21)34;16-10-6-5-9(11(17)14-10)15-12(18)7-3-1-2-4-8(7)13(15)19/h3-5,10,13,15,17,22,29,31,33,35-36H,6-9,28H2,1-2H3;1-4,9H,5-6H2,(H,14,16,17)/t10-,13-,15-,17-,22+,27-;/m0./s1. The minimum absolute atomic E-state index is 0.0173. The minimum atomic E-state index is -2.24. The molecule has 18 nitrogen and oxygen atoms in total. The van der Waals surface area contributed by atoms with E-state index in [1.54, 1.807) is 31.2 Å². The summed E-state index contributed by atoms with van der Waals surface area (Å²) in [6.45, 7) is 0.560. The minimum Gasteiger partial charge on any atom is -0.507 e. The first-order valence-electron chi connectivity index (χ1n) is 18.3. The number of hydrogen-bond donors (Lipinski definition) is 7. The van der Waals surface area contributed by atoms with Crippen molar-refractivity contribution in [2.45, 2.75) is 81.3 Å². The number of hydrogen-bond acceptors (Lipinski definition) is 16. The zero-order valence-electron chi connectivity index (χ0n) is 31.1. The van der Waals surface area contributed by atoms with Crippen molar-refractivity contribution < 1.29 is 73.3 Å². The molecule has 0 saturated carbocycles. The van der Waals surface area contributed by atoms with Gasteiger partial charge in [-0.25, -0.2) is 0 Å². The summed E-state index contributed by atoms with van der Waals surface area (Å²) >= 11 is 0. The number of Topliss-reactive ketones (excluding diaryl/α,β-unsaturated/α-hetero) is 1. The molecule has 8 N–H and O–H groups in total. The number of amides is 4. The molecule has 5 aliphatic rings. The van der Waals surface area contributed by atoms with Gasteiger partial charge in [0.15, 0.2) is 17.9 Å². The number of imide groups is 2. The van der Waals surface area contributed by atoms with Crippen molar-refractivity contribution >= 4 is 41.0 Å². The molecule has 3 aromatic rings. The van der Waals surface area contributed by atoms with Gasteiger partial charge in [-0.3, -0.25) is 43.8 Å². The SMILES string of the molecule is COc1cccc2c1C(=O)c1c(O)c3c(c(O)c1C2=O)C[C@@](O)(C(=O)CO)C[C@@H]3O[C@H]1C[C@H](N)[C@H](O)[C@H](C)O1.O=C1CCC(N2C(=O)c3ccccc3C2=O)C(=O)N1. The Balaban J connectivity index is 0.000000224. The average molecular weight is 802 g/mol. The van der Waals surface area contributed by atoms with E-state index in [1.165, 1.54) is 25.3 Å².